The number of rotatable bonds is 3. The number of amides is 1. The maximum absolute atomic E-state index is 13.3. The van der Waals surface area contributed by atoms with E-state index in [0.29, 0.717) is 27.4 Å². The van der Waals surface area contributed by atoms with Crippen LogP contribution in [-0.4, -0.2) is 17.1 Å². The first-order chi connectivity index (χ1) is 13.1. The molecule has 4 heteroatoms. The van der Waals surface area contributed by atoms with Crippen LogP contribution in [0.25, 0.3) is 0 Å². The number of carbonyl (C=O) groups excluding carboxylic acids is 1. The molecular weight excluding hydrogens is 358 g/mol. The Hall–Kier alpha value is -2.88. The molecule has 0 saturated carbocycles. The van der Waals surface area contributed by atoms with Gasteiger partial charge >= 0.3 is 0 Å². The lowest BCUT2D eigenvalue weighted by atomic mass is 9.82. The van der Waals surface area contributed by atoms with E-state index < -0.39 is 11.6 Å². The van der Waals surface area contributed by atoms with E-state index in [-0.39, 0.29) is 5.91 Å². The van der Waals surface area contributed by atoms with Crippen LogP contribution in [0.1, 0.15) is 21.5 Å². The summed E-state index contributed by atoms with van der Waals surface area (Å²) >= 11 is 6.23. The molecule has 2 atom stereocenters. The van der Waals surface area contributed by atoms with Crippen molar-refractivity contribution in [3.05, 3.63) is 113 Å². The Morgan fingerprint density at radius 2 is 1.67 bits per heavy atom. The van der Waals surface area contributed by atoms with Crippen LogP contribution in [0.5, 0.6) is 0 Å². The predicted molar refractivity (Wildman–Crippen MR) is 108 cm³/mol. The van der Waals surface area contributed by atoms with Gasteiger partial charge in [0.25, 0.3) is 5.91 Å². The highest BCUT2D eigenvalue weighted by Crippen LogP contribution is 2.49. The van der Waals surface area contributed by atoms with Gasteiger partial charge in [-0.3, -0.25) is 9.69 Å². The molecule has 134 valence electrons. The number of hydrogen-bond donors (Lipinski definition) is 1. The maximum atomic E-state index is 13.3. The summed E-state index contributed by atoms with van der Waals surface area (Å²) in [6.07, 6.45) is 1.61. The minimum atomic E-state index is -1.44. The summed E-state index contributed by atoms with van der Waals surface area (Å²) in [7, 11) is 0. The van der Waals surface area contributed by atoms with Gasteiger partial charge in [-0.25, -0.2) is 0 Å². The molecule has 1 heterocycles. The lowest BCUT2D eigenvalue weighted by molar-refractivity contribution is 0.0695. The summed E-state index contributed by atoms with van der Waals surface area (Å²) < 4.78 is 0. The van der Waals surface area contributed by atoms with Crippen LogP contribution in [0.2, 0.25) is 5.02 Å². The molecule has 0 bridgehead atoms. The van der Waals surface area contributed by atoms with Gasteiger partial charge in [0.2, 0.25) is 0 Å². The van der Waals surface area contributed by atoms with Gasteiger partial charge < -0.3 is 5.11 Å². The predicted octanol–water partition coefficient (Wildman–Crippen LogP) is 4.79. The second kappa shape index (κ2) is 6.69. The first kappa shape index (κ1) is 17.5. The van der Waals surface area contributed by atoms with Crippen LogP contribution in [0.4, 0.5) is 5.69 Å². The molecule has 0 fully saturated rings. The summed E-state index contributed by atoms with van der Waals surface area (Å²) in [6.45, 7) is 3.91. The van der Waals surface area contributed by atoms with E-state index in [1.165, 1.54) is 0 Å². The van der Waals surface area contributed by atoms with Crippen molar-refractivity contribution in [2.24, 2.45) is 0 Å². The van der Waals surface area contributed by atoms with Crippen LogP contribution in [0.3, 0.4) is 0 Å². The third kappa shape index (κ3) is 2.67. The average Bonchev–Trinajstić information content (AvgIpc) is 2.97. The first-order valence-electron chi connectivity index (χ1n) is 8.66. The molecule has 2 unspecified atom stereocenters. The first-order valence-corrected chi connectivity index (χ1v) is 9.04. The molecule has 1 amide bonds. The Bertz CT molecular complexity index is 1000. The zero-order valence-electron chi connectivity index (χ0n) is 14.5. The molecule has 0 aromatic heterocycles. The monoisotopic (exact) mass is 375 g/mol. The summed E-state index contributed by atoms with van der Waals surface area (Å²) in [5.41, 5.74) is 1.01. The zero-order valence-corrected chi connectivity index (χ0v) is 15.3. The van der Waals surface area contributed by atoms with Crippen LogP contribution >= 0.6 is 11.6 Å². The second-order valence-electron chi connectivity index (χ2n) is 6.52. The fourth-order valence-corrected chi connectivity index (χ4v) is 3.94. The lowest BCUT2D eigenvalue weighted by Crippen LogP contribution is -2.46. The third-order valence-corrected chi connectivity index (χ3v) is 5.25. The lowest BCUT2D eigenvalue weighted by Gasteiger charge is -2.33. The number of halogens is 1. The summed E-state index contributed by atoms with van der Waals surface area (Å²) in [4.78, 5) is 14.9. The van der Waals surface area contributed by atoms with Gasteiger partial charge in [0.05, 0.1) is 11.7 Å². The van der Waals surface area contributed by atoms with Gasteiger partial charge in [0.1, 0.15) is 5.60 Å². The molecule has 3 aromatic rings. The van der Waals surface area contributed by atoms with E-state index in [1.54, 1.807) is 41.3 Å². The van der Waals surface area contributed by atoms with Crippen molar-refractivity contribution in [3.8, 4) is 0 Å². The van der Waals surface area contributed by atoms with Crippen molar-refractivity contribution in [3.63, 3.8) is 0 Å². The largest absolute Gasteiger partial charge is 0.378 e. The number of anilines is 1. The molecule has 0 spiro atoms. The van der Waals surface area contributed by atoms with Crippen molar-refractivity contribution < 1.29 is 9.90 Å². The fourth-order valence-electron chi connectivity index (χ4n) is 3.77. The molecule has 0 saturated heterocycles. The Morgan fingerprint density at radius 3 is 2.30 bits per heavy atom. The minimum absolute atomic E-state index is 0.198. The van der Waals surface area contributed by atoms with Crippen molar-refractivity contribution in [1.82, 2.24) is 0 Å². The van der Waals surface area contributed by atoms with E-state index in [1.807, 2.05) is 48.5 Å². The van der Waals surface area contributed by atoms with Crippen LogP contribution in [0.15, 0.2) is 91.5 Å². The van der Waals surface area contributed by atoms with E-state index >= 15 is 0 Å². The summed E-state index contributed by atoms with van der Waals surface area (Å²) in [5.74, 6) is -0.198. The summed E-state index contributed by atoms with van der Waals surface area (Å²) in [5, 5.41) is 12.3. The van der Waals surface area contributed by atoms with Gasteiger partial charge in [0, 0.05) is 16.1 Å². The van der Waals surface area contributed by atoms with Gasteiger partial charge in [-0.2, -0.15) is 0 Å². The number of aliphatic hydroxyl groups is 1. The number of nitrogens with zero attached hydrogens (tertiary/aromatic N) is 1. The van der Waals surface area contributed by atoms with Crippen molar-refractivity contribution >= 4 is 23.2 Å². The molecule has 1 N–H and O–H groups in total. The normalized spacial score (nSPS) is 21.0. The number of benzene rings is 3. The van der Waals surface area contributed by atoms with E-state index in [9.17, 15) is 9.90 Å². The molecular formula is C23H18ClNO2. The van der Waals surface area contributed by atoms with Gasteiger partial charge in [-0.05, 0) is 35.9 Å². The smallest absolute Gasteiger partial charge is 0.258 e. The summed E-state index contributed by atoms with van der Waals surface area (Å²) in [6, 6.07) is 22.9. The number of hydrogen-bond acceptors (Lipinski definition) is 2. The van der Waals surface area contributed by atoms with Crippen molar-refractivity contribution in [2.75, 3.05) is 4.90 Å². The van der Waals surface area contributed by atoms with Gasteiger partial charge in [0.15, 0.2) is 0 Å². The number of carbonyl (C=O) groups is 1. The molecule has 3 aromatic carbocycles. The molecule has 1 aliphatic rings. The molecule has 0 aliphatic carbocycles. The Labute approximate surface area is 163 Å². The maximum Gasteiger partial charge on any atom is 0.258 e. The highest BCUT2D eigenvalue weighted by molar-refractivity contribution is 6.30. The van der Waals surface area contributed by atoms with Crippen LogP contribution in [0, 0.1) is 0 Å². The Kier molecular flexibility index (Phi) is 4.34. The average molecular weight is 376 g/mol. The Balaban J connectivity index is 1.95. The highest BCUT2D eigenvalue weighted by atomic mass is 35.5. The van der Waals surface area contributed by atoms with Crippen molar-refractivity contribution in [1.29, 1.82) is 0 Å². The SMILES string of the molecule is C=CC1N(C(=O)c2ccccc2)c2ccc(Cl)cc2C1(O)c1ccccc1. The standard InChI is InChI=1S/C23H18ClNO2/c1-2-21-23(27,17-11-7-4-8-12-17)19-15-18(24)13-14-20(19)25(21)22(26)16-9-5-3-6-10-16/h2-15,21,27H,1H2. The van der Waals surface area contributed by atoms with E-state index in [2.05, 4.69) is 6.58 Å². The highest BCUT2D eigenvalue weighted by Gasteiger charge is 2.52. The van der Waals surface area contributed by atoms with Crippen LogP contribution in [-0.2, 0) is 5.60 Å². The van der Waals surface area contributed by atoms with Crippen LogP contribution < -0.4 is 4.90 Å². The Morgan fingerprint density at radius 1 is 1.04 bits per heavy atom. The van der Waals surface area contributed by atoms with E-state index in [0.717, 1.165) is 0 Å². The molecule has 27 heavy (non-hydrogen) atoms. The third-order valence-electron chi connectivity index (χ3n) is 5.01. The molecule has 0 radical (unpaired) electrons. The molecule has 1 aliphatic heterocycles. The zero-order chi connectivity index (χ0) is 19.0. The fraction of sp³-hybridized carbons (Fsp3) is 0.0870. The van der Waals surface area contributed by atoms with Gasteiger partial charge in [-0.1, -0.05) is 66.2 Å². The van der Waals surface area contributed by atoms with Gasteiger partial charge in [-0.15, -0.1) is 6.58 Å². The second-order valence-corrected chi connectivity index (χ2v) is 6.95. The van der Waals surface area contributed by atoms with Crippen molar-refractivity contribution in [2.45, 2.75) is 11.6 Å². The molecule has 4 rings (SSSR count). The topological polar surface area (TPSA) is 40.5 Å². The quantitative estimate of drug-likeness (QED) is 0.668. The van der Waals surface area contributed by atoms with E-state index in [4.69, 9.17) is 11.6 Å². The molecule has 3 nitrogen and oxygen atoms in total. The number of fused-ring (bicyclic) bond motifs is 1. The minimum Gasteiger partial charge on any atom is -0.378 e.